The highest BCUT2D eigenvalue weighted by Crippen LogP contribution is 2.36. The summed E-state index contributed by atoms with van der Waals surface area (Å²) in [6.07, 6.45) is 2.79. The number of rotatable bonds is 1. The molecule has 14 heavy (non-hydrogen) atoms. The van der Waals surface area contributed by atoms with Crippen LogP contribution in [-0.2, 0) is 11.8 Å². The molecule has 2 rings (SSSR count). The van der Waals surface area contributed by atoms with Gasteiger partial charge in [0.2, 0.25) is 0 Å². The number of hydrogen-bond donors (Lipinski definition) is 1. The van der Waals surface area contributed by atoms with Crippen LogP contribution in [0.15, 0.2) is 24.3 Å². The van der Waals surface area contributed by atoms with Crippen molar-refractivity contribution < 1.29 is 5.11 Å². The van der Waals surface area contributed by atoms with Gasteiger partial charge < -0.3 is 5.11 Å². The minimum Gasteiger partial charge on any atom is -0.394 e. The van der Waals surface area contributed by atoms with E-state index in [0.717, 1.165) is 24.8 Å². The first kappa shape index (κ1) is 9.23. The number of hydrogen-bond acceptors (Lipinski definition) is 2. The fourth-order valence-electron chi connectivity index (χ4n) is 2.24. The van der Waals surface area contributed by atoms with Crippen LogP contribution in [0.1, 0.15) is 24.0 Å². The molecule has 1 aromatic rings. The fourth-order valence-corrected chi connectivity index (χ4v) is 2.24. The Bertz CT molecular complexity index is 380. The number of fused-ring (bicyclic) bond motifs is 1. The van der Waals surface area contributed by atoms with Crippen molar-refractivity contribution in [1.29, 1.82) is 5.26 Å². The Balaban J connectivity index is 2.55. The van der Waals surface area contributed by atoms with E-state index in [1.165, 1.54) is 5.56 Å². The maximum absolute atomic E-state index is 9.37. The van der Waals surface area contributed by atoms with E-state index < -0.39 is 5.41 Å². The molecule has 0 radical (unpaired) electrons. The lowest BCUT2D eigenvalue weighted by Gasteiger charge is -2.31. The van der Waals surface area contributed by atoms with Crippen molar-refractivity contribution >= 4 is 0 Å². The number of nitriles is 1. The highest BCUT2D eigenvalue weighted by atomic mass is 16.3. The Hall–Kier alpha value is -1.33. The van der Waals surface area contributed by atoms with Gasteiger partial charge in [-0.2, -0.15) is 5.26 Å². The topological polar surface area (TPSA) is 44.0 Å². The number of benzene rings is 1. The Labute approximate surface area is 83.8 Å². The first-order valence-corrected chi connectivity index (χ1v) is 4.93. The van der Waals surface area contributed by atoms with Crippen LogP contribution in [0.25, 0.3) is 0 Å². The van der Waals surface area contributed by atoms with E-state index in [1.807, 2.05) is 18.2 Å². The second-order valence-corrected chi connectivity index (χ2v) is 3.86. The minimum atomic E-state index is -0.644. The normalized spacial score (nSPS) is 25.1. The van der Waals surface area contributed by atoms with Crippen molar-refractivity contribution in [2.75, 3.05) is 6.61 Å². The number of aryl methyl sites for hydroxylation is 1. The summed E-state index contributed by atoms with van der Waals surface area (Å²) in [6, 6.07) is 10.2. The van der Waals surface area contributed by atoms with Gasteiger partial charge in [0.05, 0.1) is 12.7 Å². The van der Waals surface area contributed by atoms with Gasteiger partial charge in [-0.3, -0.25) is 0 Å². The molecule has 1 N–H and O–H groups in total. The van der Waals surface area contributed by atoms with Crippen LogP contribution in [0.3, 0.4) is 0 Å². The number of aliphatic hydroxyl groups excluding tert-OH is 1. The second-order valence-electron chi connectivity index (χ2n) is 3.86. The summed E-state index contributed by atoms with van der Waals surface area (Å²) in [5, 5.41) is 18.5. The molecule has 0 spiro atoms. The molecule has 1 aliphatic carbocycles. The van der Waals surface area contributed by atoms with E-state index in [4.69, 9.17) is 0 Å². The molecule has 0 saturated carbocycles. The third-order valence-corrected chi connectivity index (χ3v) is 3.07. The zero-order valence-electron chi connectivity index (χ0n) is 8.03. The van der Waals surface area contributed by atoms with E-state index in [9.17, 15) is 10.4 Å². The molecule has 0 aliphatic heterocycles. The molecule has 0 bridgehead atoms. The predicted octanol–water partition coefficient (Wildman–Crippen LogP) is 1.78. The average molecular weight is 187 g/mol. The summed E-state index contributed by atoms with van der Waals surface area (Å²) in [5.74, 6) is 0. The lowest BCUT2D eigenvalue weighted by atomic mass is 9.71. The van der Waals surface area contributed by atoms with Gasteiger partial charge in [0, 0.05) is 0 Å². The van der Waals surface area contributed by atoms with Gasteiger partial charge in [-0.1, -0.05) is 24.3 Å². The summed E-state index contributed by atoms with van der Waals surface area (Å²) in [4.78, 5) is 0. The van der Waals surface area contributed by atoms with Crippen LogP contribution in [0, 0.1) is 11.3 Å². The summed E-state index contributed by atoms with van der Waals surface area (Å²) >= 11 is 0. The van der Waals surface area contributed by atoms with Crippen molar-refractivity contribution in [3.63, 3.8) is 0 Å². The van der Waals surface area contributed by atoms with Crippen LogP contribution in [0.4, 0.5) is 0 Å². The van der Waals surface area contributed by atoms with Crippen molar-refractivity contribution in [3.05, 3.63) is 35.4 Å². The van der Waals surface area contributed by atoms with Gasteiger partial charge in [-0.25, -0.2) is 0 Å². The Morgan fingerprint density at radius 3 is 2.93 bits per heavy atom. The highest BCUT2D eigenvalue weighted by molar-refractivity contribution is 5.41. The van der Waals surface area contributed by atoms with Crippen LogP contribution in [0.5, 0.6) is 0 Å². The average Bonchev–Trinajstić information content (AvgIpc) is 2.28. The van der Waals surface area contributed by atoms with E-state index in [2.05, 4.69) is 12.1 Å². The lowest BCUT2D eigenvalue weighted by molar-refractivity contribution is 0.213. The van der Waals surface area contributed by atoms with Gasteiger partial charge in [-0.15, -0.1) is 0 Å². The maximum Gasteiger partial charge on any atom is 0.105 e. The van der Waals surface area contributed by atoms with Crippen LogP contribution in [-0.4, -0.2) is 11.7 Å². The zero-order chi connectivity index (χ0) is 10.0. The van der Waals surface area contributed by atoms with E-state index in [0.29, 0.717) is 0 Å². The molecule has 2 heteroatoms. The van der Waals surface area contributed by atoms with Crippen LogP contribution >= 0.6 is 0 Å². The summed E-state index contributed by atoms with van der Waals surface area (Å²) in [6.45, 7) is -0.0689. The molecule has 1 atom stereocenters. The molecule has 0 aromatic heterocycles. The van der Waals surface area contributed by atoms with E-state index in [1.54, 1.807) is 0 Å². The maximum atomic E-state index is 9.37. The standard InChI is InChI=1S/C12H13NO/c13-8-12(9-14)7-3-5-10-4-1-2-6-11(10)12/h1-2,4,6,14H,3,5,7,9H2. The van der Waals surface area contributed by atoms with Crippen molar-refractivity contribution in [1.82, 2.24) is 0 Å². The van der Waals surface area contributed by atoms with E-state index in [-0.39, 0.29) is 6.61 Å². The quantitative estimate of drug-likeness (QED) is 0.728. The van der Waals surface area contributed by atoms with Gasteiger partial charge in [-0.05, 0) is 30.4 Å². The fraction of sp³-hybridized carbons (Fsp3) is 0.417. The third kappa shape index (κ3) is 1.21. The summed E-state index contributed by atoms with van der Waals surface area (Å²) < 4.78 is 0. The molecule has 2 nitrogen and oxygen atoms in total. The minimum absolute atomic E-state index is 0.0689. The molecule has 0 fully saturated rings. The van der Waals surface area contributed by atoms with Gasteiger partial charge >= 0.3 is 0 Å². The Morgan fingerprint density at radius 1 is 1.43 bits per heavy atom. The zero-order valence-corrected chi connectivity index (χ0v) is 8.03. The SMILES string of the molecule is N#CC1(CO)CCCc2ccccc21. The molecular formula is C12H13NO. The van der Waals surface area contributed by atoms with Crippen molar-refractivity contribution in [2.24, 2.45) is 0 Å². The van der Waals surface area contributed by atoms with Gasteiger partial charge in [0.15, 0.2) is 0 Å². The lowest BCUT2D eigenvalue weighted by Crippen LogP contribution is -2.33. The number of aliphatic hydroxyl groups is 1. The first-order valence-electron chi connectivity index (χ1n) is 4.93. The summed E-state index contributed by atoms with van der Waals surface area (Å²) in [5.41, 5.74) is 1.60. The molecule has 1 aliphatic rings. The molecule has 1 unspecified atom stereocenters. The molecule has 0 saturated heterocycles. The number of nitrogens with zero attached hydrogens (tertiary/aromatic N) is 1. The van der Waals surface area contributed by atoms with E-state index >= 15 is 0 Å². The van der Waals surface area contributed by atoms with Crippen molar-refractivity contribution in [3.8, 4) is 6.07 Å². The Morgan fingerprint density at radius 2 is 2.21 bits per heavy atom. The summed E-state index contributed by atoms with van der Waals surface area (Å²) in [7, 11) is 0. The second kappa shape index (κ2) is 3.43. The Kier molecular flexibility index (Phi) is 2.26. The largest absolute Gasteiger partial charge is 0.394 e. The molecule has 0 heterocycles. The van der Waals surface area contributed by atoms with Gasteiger partial charge in [0.25, 0.3) is 0 Å². The van der Waals surface area contributed by atoms with Crippen LogP contribution in [0.2, 0.25) is 0 Å². The monoisotopic (exact) mass is 187 g/mol. The van der Waals surface area contributed by atoms with Gasteiger partial charge in [0.1, 0.15) is 5.41 Å². The molecule has 72 valence electrons. The smallest absolute Gasteiger partial charge is 0.105 e. The van der Waals surface area contributed by atoms with Crippen molar-refractivity contribution in [2.45, 2.75) is 24.7 Å². The molecular weight excluding hydrogens is 174 g/mol. The highest BCUT2D eigenvalue weighted by Gasteiger charge is 2.35. The molecule has 0 amide bonds. The predicted molar refractivity (Wildman–Crippen MR) is 53.8 cm³/mol. The molecule has 1 aromatic carbocycles. The van der Waals surface area contributed by atoms with Crippen LogP contribution < -0.4 is 0 Å². The first-order chi connectivity index (χ1) is 6.82. The third-order valence-electron chi connectivity index (χ3n) is 3.07.